The van der Waals surface area contributed by atoms with Gasteiger partial charge in [0.2, 0.25) is 11.9 Å². The summed E-state index contributed by atoms with van der Waals surface area (Å²) < 4.78 is 25.2. The van der Waals surface area contributed by atoms with Gasteiger partial charge in [0.25, 0.3) is 0 Å². The van der Waals surface area contributed by atoms with Crippen LogP contribution in [-0.2, 0) is 0 Å². The fraction of sp³-hybridized carbons (Fsp3) is 0.188. The van der Waals surface area contributed by atoms with Gasteiger partial charge < -0.3 is 30.4 Å². The van der Waals surface area contributed by atoms with Gasteiger partial charge in [-0.05, 0) is 61.4 Å². The number of pyridine rings is 2. The van der Waals surface area contributed by atoms with Gasteiger partial charge in [-0.2, -0.15) is 0 Å². The molecule has 4 heterocycles. The molecule has 0 radical (unpaired) electrons. The van der Waals surface area contributed by atoms with E-state index in [1.54, 1.807) is 62.4 Å². The molecular weight excluding hydrogens is 588 g/mol. The second-order valence-corrected chi connectivity index (χ2v) is 9.96. The Morgan fingerprint density at radius 1 is 0.522 bits per heavy atom. The first-order valence-electron chi connectivity index (χ1n) is 14.0. The molecule has 14 nitrogen and oxygen atoms in total. The van der Waals surface area contributed by atoms with E-state index < -0.39 is 0 Å². The van der Waals surface area contributed by atoms with Crippen molar-refractivity contribution in [1.29, 1.82) is 0 Å². The van der Waals surface area contributed by atoms with Crippen LogP contribution >= 0.6 is 0 Å². The molecular formula is C32H34N10O4. The van der Waals surface area contributed by atoms with Gasteiger partial charge in [0.05, 0.1) is 28.4 Å². The van der Waals surface area contributed by atoms with E-state index in [4.69, 9.17) is 30.4 Å². The number of hydrogen-bond donors (Lipinski definition) is 2. The van der Waals surface area contributed by atoms with Crippen LogP contribution in [0.25, 0.3) is 34.2 Å². The van der Waals surface area contributed by atoms with Crippen LogP contribution < -0.4 is 30.4 Å². The van der Waals surface area contributed by atoms with E-state index in [1.165, 1.54) is 0 Å². The summed E-state index contributed by atoms with van der Waals surface area (Å²) in [5.41, 5.74) is 17.1. The number of rotatable bonds is 8. The van der Waals surface area contributed by atoms with Crippen molar-refractivity contribution < 1.29 is 18.9 Å². The summed E-state index contributed by atoms with van der Waals surface area (Å²) in [6.45, 7) is 3.93. The number of nitrogens with zero attached hydrogens (tertiary/aromatic N) is 8. The fourth-order valence-corrected chi connectivity index (χ4v) is 4.87. The Labute approximate surface area is 265 Å². The lowest BCUT2D eigenvalue weighted by Crippen LogP contribution is -2.07. The number of methoxy groups -OCH3 is 4. The highest BCUT2D eigenvalue weighted by Gasteiger charge is 2.22. The van der Waals surface area contributed by atoms with Crippen molar-refractivity contribution in [2.24, 2.45) is 0 Å². The van der Waals surface area contributed by atoms with Crippen LogP contribution in [0.5, 0.6) is 23.0 Å². The third-order valence-corrected chi connectivity index (χ3v) is 6.89. The summed E-state index contributed by atoms with van der Waals surface area (Å²) in [5.74, 6) is 4.06. The van der Waals surface area contributed by atoms with Crippen LogP contribution in [0.1, 0.15) is 11.1 Å². The van der Waals surface area contributed by atoms with Gasteiger partial charge in [0, 0.05) is 35.9 Å². The predicted octanol–water partition coefficient (Wildman–Crippen LogP) is 4.47. The van der Waals surface area contributed by atoms with E-state index in [0.29, 0.717) is 46.0 Å². The number of para-hydroxylation sites is 2. The van der Waals surface area contributed by atoms with Crippen LogP contribution in [0.2, 0.25) is 0 Å². The van der Waals surface area contributed by atoms with Gasteiger partial charge in [-0.1, -0.05) is 12.1 Å². The van der Waals surface area contributed by atoms with Gasteiger partial charge >= 0.3 is 0 Å². The van der Waals surface area contributed by atoms with E-state index >= 15 is 0 Å². The Balaban J connectivity index is 0.000000181. The molecule has 6 rings (SSSR count). The minimum Gasteiger partial charge on any atom is -0.494 e. The van der Waals surface area contributed by atoms with Crippen LogP contribution in [0.3, 0.4) is 0 Å². The van der Waals surface area contributed by atoms with Crippen molar-refractivity contribution in [1.82, 2.24) is 39.5 Å². The second kappa shape index (κ2) is 13.6. The third-order valence-electron chi connectivity index (χ3n) is 6.89. The fourth-order valence-electron chi connectivity index (χ4n) is 4.87. The lowest BCUT2D eigenvalue weighted by molar-refractivity contribution is 0.391. The average Bonchev–Trinajstić information content (AvgIpc) is 3.65. The first-order valence-corrected chi connectivity index (χ1v) is 14.0. The number of nitrogen functional groups attached to an aromatic ring is 2. The van der Waals surface area contributed by atoms with Crippen molar-refractivity contribution in [3.05, 3.63) is 84.4 Å². The molecule has 0 fully saturated rings. The summed E-state index contributed by atoms with van der Waals surface area (Å²) in [7, 11) is 6.36. The Kier molecular flexibility index (Phi) is 9.26. The molecule has 0 saturated carbocycles. The highest BCUT2D eigenvalue weighted by atomic mass is 16.5. The van der Waals surface area contributed by atoms with Crippen molar-refractivity contribution in [3.63, 3.8) is 0 Å². The van der Waals surface area contributed by atoms with E-state index in [-0.39, 0.29) is 11.9 Å². The van der Waals surface area contributed by atoms with Crippen LogP contribution in [0, 0.1) is 13.8 Å². The van der Waals surface area contributed by atoms with E-state index in [1.807, 2.05) is 62.4 Å². The summed E-state index contributed by atoms with van der Waals surface area (Å²) in [6.07, 6.45) is 6.98. The molecule has 46 heavy (non-hydrogen) atoms. The lowest BCUT2D eigenvalue weighted by Gasteiger charge is -2.16. The number of aromatic nitrogens is 8. The third kappa shape index (κ3) is 6.08. The number of benzene rings is 2. The molecule has 4 N–H and O–H groups in total. The zero-order valence-electron chi connectivity index (χ0n) is 26.3. The summed E-state index contributed by atoms with van der Waals surface area (Å²) in [4.78, 5) is 8.41. The van der Waals surface area contributed by atoms with Crippen molar-refractivity contribution in [2.45, 2.75) is 13.8 Å². The molecule has 2 aromatic carbocycles. The highest BCUT2D eigenvalue weighted by molar-refractivity contribution is 5.68. The normalized spacial score (nSPS) is 10.6. The molecule has 0 aliphatic heterocycles. The molecule has 0 saturated heterocycles. The molecule has 0 aliphatic rings. The average molecular weight is 623 g/mol. The maximum Gasteiger partial charge on any atom is 0.227 e. The molecule has 4 aromatic heterocycles. The largest absolute Gasteiger partial charge is 0.494 e. The van der Waals surface area contributed by atoms with Gasteiger partial charge in [-0.15, -0.1) is 20.4 Å². The Hall–Kier alpha value is -6.18. The van der Waals surface area contributed by atoms with Gasteiger partial charge in [0.15, 0.2) is 11.6 Å². The number of hydrogen-bond acceptors (Lipinski definition) is 12. The molecule has 0 aliphatic carbocycles. The van der Waals surface area contributed by atoms with Crippen molar-refractivity contribution >= 4 is 11.9 Å². The van der Waals surface area contributed by atoms with Gasteiger partial charge in [-0.25, -0.2) is 0 Å². The number of aryl methyl sites for hydroxylation is 2. The summed E-state index contributed by atoms with van der Waals surface area (Å²) >= 11 is 0. The SMILES string of the molecule is COc1cccc(OC)c1-n1c(N)nnc1-c1cncc(C)c1.COc1cccc(OC)c1-n1c(N)nnc1-c1cncc(C)c1. The van der Waals surface area contributed by atoms with Gasteiger partial charge in [-0.3, -0.25) is 19.1 Å². The summed E-state index contributed by atoms with van der Waals surface area (Å²) in [6, 6.07) is 14.9. The number of anilines is 2. The maximum atomic E-state index is 6.05. The van der Waals surface area contributed by atoms with Crippen molar-refractivity contribution in [3.8, 4) is 57.1 Å². The topological polar surface area (TPSA) is 176 Å². The first-order chi connectivity index (χ1) is 22.3. The quantitative estimate of drug-likeness (QED) is 0.244. The Morgan fingerprint density at radius 2 is 0.870 bits per heavy atom. The van der Waals surface area contributed by atoms with Crippen LogP contribution in [0.15, 0.2) is 73.3 Å². The van der Waals surface area contributed by atoms with E-state index in [9.17, 15) is 0 Å². The Morgan fingerprint density at radius 3 is 1.17 bits per heavy atom. The smallest absolute Gasteiger partial charge is 0.227 e. The summed E-state index contributed by atoms with van der Waals surface area (Å²) in [5, 5.41) is 16.4. The highest BCUT2D eigenvalue weighted by Crippen LogP contribution is 2.38. The second-order valence-electron chi connectivity index (χ2n) is 9.96. The van der Waals surface area contributed by atoms with E-state index in [2.05, 4.69) is 30.4 Å². The minimum absolute atomic E-state index is 0.240. The molecule has 0 spiro atoms. The zero-order chi connectivity index (χ0) is 32.8. The first kappa shape index (κ1) is 31.3. The predicted molar refractivity (Wildman–Crippen MR) is 174 cm³/mol. The number of ether oxygens (including phenoxy) is 4. The standard InChI is InChI=1S/2C16H17N5O2/c2*1-10-7-11(9-18-8-10)15-19-20-16(17)21(15)14-12(22-2)5-4-6-13(14)23-3/h2*4-9H,1-3H3,(H2,17,20). The molecule has 0 unspecified atom stereocenters. The Bertz CT molecular complexity index is 1790. The van der Waals surface area contributed by atoms with Crippen LogP contribution in [-0.4, -0.2) is 67.9 Å². The number of nitrogens with two attached hydrogens (primary N) is 2. The zero-order valence-corrected chi connectivity index (χ0v) is 26.3. The molecule has 14 heteroatoms. The van der Waals surface area contributed by atoms with Gasteiger partial charge in [0.1, 0.15) is 34.4 Å². The monoisotopic (exact) mass is 622 g/mol. The molecule has 236 valence electrons. The molecule has 0 bridgehead atoms. The maximum absolute atomic E-state index is 6.05. The van der Waals surface area contributed by atoms with E-state index in [0.717, 1.165) is 22.3 Å². The lowest BCUT2D eigenvalue weighted by atomic mass is 10.2. The minimum atomic E-state index is 0.240. The van der Waals surface area contributed by atoms with Crippen LogP contribution in [0.4, 0.5) is 11.9 Å². The molecule has 6 aromatic rings. The molecule has 0 atom stereocenters. The molecule has 0 amide bonds. The van der Waals surface area contributed by atoms with Crippen molar-refractivity contribution in [2.75, 3.05) is 39.9 Å².